The standard InChI is InChI=1S/C75H136O6/c1-4-7-10-13-16-19-22-25-28-31-33-35-37-39-40-42-44-47-50-53-56-59-62-65-68-74(77)80-71-72(70-79-73(76)67-64-61-58-55-52-49-46-30-27-24-21-18-15-12-9-6-3)81-75(78)69-66-63-60-57-54-51-48-45-43-41-38-36-34-32-29-26-23-20-17-14-11-8-5-2/h8,11,17,20,26,29-30,34,36,46,72H,4-7,9-10,12-16,18-19,21-25,27-28,31-33,35,37-45,47-71H2,1-3H3/b11-8-,20-17-,29-26-,36-34-,46-30-. The maximum atomic E-state index is 13.0. The zero-order valence-electron chi connectivity index (χ0n) is 54.3. The third-order valence-corrected chi connectivity index (χ3v) is 16.0. The molecule has 1 atom stereocenters. The summed E-state index contributed by atoms with van der Waals surface area (Å²) in [4.78, 5) is 38.5. The van der Waals surface area contributed by atoms with Crippen molar-refractivity contribution in [2.45, 2.75) is 386 Å². The fourth-order valence-electron chi connectivity index (χ4n) is 10.7. The van der Waals surface area contributed by atoms with Crippen molar-refractivity contribution in [3.8, 4) is 0 Å². The van der Waals surface area contributed by atoms with Crippen molar-refractivity contribution in [1.29, 1.82) is 0 Å². The van der Waals surface area contributed by atoms with Crippen molar-refractivity contribution < 1.29 is 28.6 Å². The van der Waals surface area contributed by atoms with E-state index in [9.17, 15) is 14.4 Å². The van der Waals surface area contributed by atoms with Crippen LogP contribution in [0.4, 0.5) is 0 Å². The van der Waals surface area contributed by atoms with Gasteiger partial charge in [-0.3, -0.25) is 14.4 Å². The molecule has 0 heterocycles. The molecule has 1 unspecified atom stereocenters. The molecule has 0 aliphatic carbocycles. The molecule has 0 saturated carbocycles. The minimum atomic E-state index is -0.780. The molecule has 6 nitrogen and oxygen atoms in total. The fraction of sp³-hybridized carbons (Fsp3) is 0.827. The molecule has 0 N–H and O–H groups in total. The summed E-state index contributed by atoms with van der Waals surface area (Å²) >= 11 is 0. The number of carbonyl (C=O) groups excluding carboxylic acids is 3. The Kier molecular flexibility index (Phi) is 67.1. The highest BCUT2D eigenvalue weighted by molar-refractivity contribution is 5.71. The number of unbranched alkanes of at least 4 members (excludes halogenated alkanes) is 45. The van der Waals surface area contributed by atoms with E-state index in [1.807, 2.05) is 0 Å². The first-order valence-electron chi connectivity index (χ1n) is 35.8. The average molecular weight is 1130 g/mol. The summed E-state index contributed by atoms with van der Waals surface area (Å²) in [6.45, 7) is 6.58. The number of esters is 3. The maximum absolute atomic E-state index is 13.0. The number of hydrogen-bond acceptors (Lipinski definition) is 6. The van der Waals surface area contributed by atoms with Gasteiger partial charge >= 0.3 is 17.9 Å². The average Bonchev–Trinajstić information content (AvgIpc) is 3.47. The third-order valence-electron chi connectivity index (χ3n) is 16.0. The number of carbonyl (C=O) groups is 3. The van der Waals surface area contributed by atoms with Crippen LogP contribution in [0.2, 0.25) is 0 Å². The minimum absolute atomic E-state index is 0.0742. The van der Waals surface area contributed by atoms with Gasteiger partial charge in [0.05, 0.1) is 0 Å². The van der Waals surface area contributed by atoms with Crippen molar-refractivity contribution in [2.24, 2.45) is 0 Å². The number of allylic oxidation sites excluding steroid dienone is 10. The van der Waals surface area contributed by atoms with E-state index in [0.29, 0.717) is 19.3 Å². The molecule has 0 rings (SSSR count). The molecule has 0 radical (unpaired) electrons. The predicted octanol–water partition coefficient (Wildman–Crippen LogP) is 24.7. The predicted molar refractivity (Wildman–Crippen MR) is 353 cm³/mol. The van der Waals surface area contributed by atoms with Crippen molar-refractivity contribution in [3.63, 3.8) is 0 Å². The van der Waals surface area contributed by atoms with Gasteiger partial charge in [0.1, 0.15) is 13.2 Å². The van der Waals surface area contributed by atoms with Gasteiger partial charge in [0.15, 0.2) is 6.10 Å². The van der Waals surface area contributed by atoms with E-state index in [2.05, 4.69) is 81.5 Å². The lowest BCUT2D eigenvalue weighted by Crippen LogP contribution is -2.30. The lowest BCUT2D eigenvalue weighted by molar-refractivity contribution is -0.167. The van der Waals surface area contributed by atoms with Crippen LogP contribution in [-0.4, -0.2) is 37.2 Å². The highest BCUT2D eigenvalue weighted by atomic mass is 16.6. The Morgan fingerprint density at radius 2 is 0.481 bits per heavy atom. The molecule has 0 aliphatic heterocycles. The first kappa shape index (κ1) is 78.1. The molecule has 472 valence electrons. The van der Waals surface area contributed by atoms with Crippen LogP contribution in [0.1, 0.15) is 380 Å². The van der Waals surface area contributed by atoms with Crippen molar-refractivity contribution in [2.75, 3.05) is 13.2 Å². The number of hydrogen-bond donors (Lipinski definition) is 0. The summed E-state index contributed by atoms with van der Waals surface area (Å²) in [5.74, 6) is -0.862. The first-order chi connectivity index (χ1) is 40.0. The van der Waals surface area contributed by atoms with E-state index in [0.717, 1.165) is 89.9 Å². The number of rotatable bonds is 66. The summed E-state index contributed by atoms with van der Waals surface area (Å²) in [5.41, 5.74) is 0. The Labute approximate surface area is 504 Å². The summed E-state index contributed by atoms with van der Waals surface area (Å²) in [6, 6.07) is 0. The second kappa shape index (κ2) is 69.6. The van der Waals surface area contributed by atoms with Gasteiger partial charge in [-0.05, 0) is 83.5 Å². The maximum Gasteiger partial charge on any atom is 0.306 e. The van der Waals surface area contributed by atoms with Gasteiger partial charge in [-0.1, -0.05) is 338 Å². The topological polar surface area (TPSA) is 78.9 Å². The molecule has 0 aliphatic rings. The Hall–Kier alpha value is -2.89. The van der Waals surface area contributed by atoms with Gasteiger partial charge in [-0.15, -0.1) is 0 Å². The smallest absolute Gasteiger partial charge is 0.306 e. The summed E-state index contributed by atoms with van der Waals surface area (Å²) in [6.07, 6.45) is 89.6. The van der Waals surface area contributed by atoms with Gasteiger partial charge in [0.2, 0.25) is 0 Å². The summed E-state index contributed by atoms with van der Waals surface area (Å²) in [5, 5.41) is 0. The molecular formula is C75H136O6. The molecule has 0 aromatic rings. The third kappa shape index (κ3) is 67.8. The Balaban J connectivity index is 4.31. The van der Waals surface area contributed by atoms with Gasteiger partial charge in [0.25, 0.3) is 0 Å². The molecule has 81 heavy (non-hydrogen) atoms. The highest BCUT2D eigenvalue weighted by Gasteiger charge is 2.19. The zero-order chi connectivity index (χ0) is 58.5. The van der Waals surface area contributed by atoms with E-state index in [1.54, 1.807) is 0 Å². The van der Waals surface area contributed by atoms with Crippen LogP contribution >= 0.6 is 0 Å². The first-order valence-corrected chi connectivity index (χ1v) is 35.8. The van der Waals surface area contributed by atoms with Crippen LogP contribution in [0.15, 0.2) is 60.8 Å². The van der Waals surface area contributed by atoms with E-state index in [1.165, 1.54) is 250 Å². The van der Waals surface area contributed by atoms with E-state index >= 15 is 0 Å². The fourth-order valence-corrected chi connectivity index (χ4v) is 10.7. The van der Waals surface area contributed by atoms with Crippen molar-refractivity contribution >= 4 is 17.9 Å². The second-order valence-electron chi connectivity index (χ2n) is 24.1. The molecule has 0 aromatic heterocycles. The Morgan fingerprint density at radius 3 is 0.765 bits per heavy atom. The molecule has 0 amide bonds. The van der Waals surface area contributed by atoms with Crippen LogP contribution in [0.3, 0.4) is 0 Å². The van der Waals surface area contributed by atoms with Gasteiger partial charge < -0.3 is 14.2 Å². The molecular weight excluding hydrogens is 997 g/mol. The van der Waals surface area contributed by atoms with Crippen LogP contribution in [0, 0.1) is 0 Å². The summed E-state index contributed by atoms with van der Waals surface area (Å²) in [7, 11) is 0. The van der Waals surface area contributed by atoms with Crippen molar-refractivity contribution in [1.82, 2.24) is 0 Å². The molecule has 0 spiro atoms. The molecule has 6 heteroatoms. The SMILES string of the molecule is CC/C=C\C/C=C\C/C=C\C/C=C\CCCCCCCCCCCCC(=O)OC(COC(=O)CCCCCCC/C=C\CCCCCCCCC)COC(=O)CCCCCCCCCCCCCCCCCCCCCCCCCC. The number of ether oxygens (including phenoxy) is 3. The van der Waals surface area contributed by atoms with E-state index in [4.69, 9.17) is 14.2 Å². The van der Waals surface area contributed by atoms with E-state index in [-0.39, 0.29) is 31.1 Å². The zero-order valence-corrected chi connectivity index (χ0v) is 54.3. The lowest BCUT2D eigenvalue weighted by Gasteiger charge is -2.18. The minimum Gasteiger partial charge on any atom is -0.462 e. The molecule has 0 saturated heterocycles. The van der Waals surface area contributed by atoms with Gasteiger partial charge in [-0.25, -0.2) is 0 Å². The van der Waals surface area contributed by atoms with Crippen LogP contribution in [-0.2, 0) is 28.6 Å². The van der Waals surface area contributed by atoms with Crippen LogP contribution < -0.4 is 0 Å². The van der Waals surface area contributed by atoms with Crippen LogP contribution in [0.5, 0.6) is 0 Å². The normalized spacial score (nSPS) is 12.4. The molecule has 0 bridgehead atoms. The van der Waals surface area contributed by atoms with Crippen LogP contribution in [0.25, 0.3) is 0 Å². The lowest BCUT2D eigenvalue weighted by atomic mass is 10.0. The largest absolute Gasteiger partial charge is 0.462 e. The van der Waals surface area contributed by atoms with Gasteiger partial charge in [-0.2, -0.15) is 0 Å². The Morgan fingerprint density at radius 1 is 0.259 bits per heavy atom. The van der Waals surface area contributed by atoms with Crippen molar-refractivity contribution in [3.05, 3.63) is 60.8 Å². The molecule has 0 aromatic carbocycles. The van der Waals surface area contributed by atoms with E-state index < -0.39 is 6.10 Å². The monoisotopic (exact) mass is 1130 g/mol. The second-order valence-corrected chi connectivity index (χ2v) is 24.1. The highest BCUT2D eigenvalue weighted by Crippen LogP contribution is 2.18. The summed E-state index contributed by atoms with van der Waals surface area (Å²) < 4.78 is 17.0. The molecule has 0 fully saturated rings. The quantitative estimate of drug-likeness (QED) is 0.0261. The van der Waals surface area contributed by atoms with Gasteiger partial charge in [0, 0.05) is 19.3 Å². The Bertz CT molecular complexity index is 1440.